The van der Waals surface area contributed by atoms with Gasteiger partial charge in [0.25, 0.3) is 11.8 Å². The molecule has 5 heteroatoms. The number of carbonyl (C=O) groups is 3. The molecule has 4 rings (SSSR count). The zero-order chi connectivity index (χ0) is 16.0. The number of carbonyl (C=O) groups excluding carboxylic acids is 3. The third-order valence-electron chi connectivity index (χ3n) is 4.97. The molecule has 1 aromatic carbocycles. The van der Waals surface area contributed by atoms with Gasteiger partial charge in [-0.15, -0.1) is 0 Å². The van der Waals surface area contributed by atoms with E-state index in [0.29, 0.717) is 24.1 Å². The highest BCUT2D eigenvalue weighted by Crippen LogP contribution is 2.30. The summed E-state index contributed by atoms with van der Waals surface area (Å²) >= 11 is 0. The third-order valence-corrected chi connectivity index (χ3v) is 4.97. The fraction of sp³-hybridized carbons (Fsp3) is 0.389. The monoisotopic (exact) mass is 310 g/mol. The van der Waals surface area contributed by atoms with Gasteiger partial charge in [0.1, 0.15) is 6.04 Å². The summed E-state index contributed by atoms with van der Waals surface area (Å²) in [6.45, 7) is 0.702. The van der Waals surface area contributed by atoms with Crippen LogP contribution in [0.2, 0.25) is 0 Å². The van der Waals surface area contributed by atoms with Gasteiger partial charge in [0.15, 0.2) is 0 Å². The number of amides is 3. The molecule has 5 nitrogen and oxygen atoms in total. The minimum absolute atomic E-state index is 0.103. The molecule has 3 heterocycles. The molecule has 3 aliphatic rings. The summed E-state index contributed by atoms with van der Waals surface area (Å²) in [5.41, 5.74) is 0.794. The van der Waals surface area contributed by atoms with Gasteiger partial charge in [0.05, 0.1) is 17.2 Å². The van der Waals surface area contributed by atoms with Crippen molar-refractivity contribution in [2.24, 2.45) is 0 Å². The maximum Gasteiger partial charge on any atom is 0.262 e. The average Bonchev–Trinajstić information content (AvgIpc) is 2.73. The summed E-state index contributed by atoms with van der Waals surface area (Å²) in [5.74, 6) is -0.810. The first-order valence-corrected chi connectivity index (χ1v) is 8.12. The Morgan fingerprint density at radius 3 is 2.35 bits per heavy atom. The van der Waals surface area contributed by atoms with E-state index in [9.17, 15) is 14.4 Å². The maximum atomic E-state index is 12.9. The molecule has 0 saturated carbocycles. The van der Waals surface area contributed by atoms with Crippen LogP contribution in [0.1, 0.15) is 46.4 Å². The number of imide groups is 1. The minimum atomic E-state index is -0.721. The molecule has 0 aliphatic carbocycles. The molecule has 1 saturated heterocycles. The Labute approximate surface area is 134 Å². The largest absolute Gasteiger partial charge is 0.334 e. The van der Waals surface area contributed by atoms with Crippen LogP contribution in [-0.4, -0.2) is 46.1 Å². The Bertz CT molecular complexity index is 690. The van der Waals surface area contributed by atoms with Crippen molar-refractivity contribution in [2.45, 2.75) is 37.8 Å². The molecule has 2 atom stereocenters. The first-order chi connectivity index (χ1) is 11.2. The van der Waals surface area contributed by atoms with Crippen LogP contribution >= 0.6 is 0 Å². The zero-order valence-corrected chi connectivity index (χ0v) is 12.8. The van der Waals surface area contributed by atoms with E-state index in [0.717, 1.165) is 24.2 Å². The second-order valence-corrected chi connectivity index (χ2v) is 6.30. The van der Waals surface area contributed by atoms with Gasteiger partial charge < -0.3 is 4.90 Å². The van der Waals surface area contributed by atoms with Gasteiger partial charge in [-0.3, -0.25) is 19.3 Å². The van der Waals surface area contributed by atoms with Gasteiger partial charge in [-0.1, -0.05) is 24.3 Å². The van der Waals surface area contributed by atoms with E-state index in [4.69, 9.17) is 0 Å². The first-order valence-electron chi connectivity index (χ1n) is 8.12. The number of piperidine rings is 1. The van der Waals surface area contributed by atoms with Gasteiger partial charge in [0, 0.05) is 6.54 Å². The lowest BCUT2D eigenvalue weighted by atomic mass is 10.0. The smallest absolute Gasteiger partial charge is 0.262 e. The molecular formula is C18H18N2O3. The SMILES string of the molecule is O=C1[C@@H](N2C(=O)c3ccccc3C2=O)CC=C[C@H]2CCCCN12. The van der Waals surface area contributed by atoms with Crippen LogP contribution in [0.4, 0.5) is 0 Å². The van der Waals surface area contributed by atoms with Crippen molar-refractivity contribution < 1.29 is 14.4 Å². The highest BCUT2D eigenvalue weighted by atomic mass is 16.2. The van der Waals surface area contributed by atoms with E-state index >= 15 is 0 Å². The highest BCUT2D eigenvalue weighted by Gasteiger charge is 2.44. The van der Waals surface area contributed by atoms with Gasteiger partial charge in [0.2, 0.25) is 5.91 Å². The number of rotatable bonds is 1. The molecule has 0 N–H and O–H groups in total. The molecule has 23 heavy (non-hydrogen) atoms. The minimum Gasteiger partial charge on any atom is -0.334 e. The normalized spacial score (nSPS) is 27.0. The quantitative estimate of drug-likeness (QED) is 0.589. The van der Waals surface area contributed by atoms with E-state index in [1.165, 1.54) is 0 Å². The molecule has 3 aliphatic heterocycles. The first kappa shape index (κ1) is 14.2. The van der Waals surface area contributed by atoms with Crippen LogP contribution in [-0.2, 0) is 4.79 Å². The van der Waals surface area contributed by atoms with E-state index in [1.54, 1.807) is 24.3 Å². The fourth-order valence-electron chi connectivity index (χ4n) is 3.79. The molecule has 118 valence electrons. The van der Waals surface area contributed by atoms with E-state index < -0.39 is 6.04 Å². The van der Waals surface area contributed by atoms with Crippen molar-refractivity contribution in [3.8, 4) is 0 Å². The standard InChI is InChI=1S/C18H18N2O3/c21-16-13-8-1-2-9-14(13)17(22)20(16)15-10-5-7-12-6-3-4-11-19(12)18(15)23/h1-2,5,7-9,12,15H,3-4,6,10-11H2/t12-,15+/m1/s1. The van der Waals surface area contributed by atoms with Crippen LogP contribution < -0.4 is 0 Å². The Kier molecular flexibility index (Phi) is 3.29. The lowest BCUT2D eigenvalue weighted by molar-refractivity contribution is -0.137. The maximum absolute atomic E-state index is 12.9. The number of hydrogen-bond donors (Lipinski definition) is 0. The summed E-state index contributed by atoms with van der Waals surface area (Å²) in [4.78, 5) is 41.2. The molecule has 0 aromatic heterocycles. The van der Waals surface area contributed by atoms with Gasteiger partial charge in [-0.25, -0.2) is 0 Å². The topological polar surface area (TPSA) is 57.7 Å². The van der Waals surface area contributed by atoms with Crippen molar-refractivity contribution in [1.29, 1.82) is 0 Å². The summed E-state index contributed by atoms with van der Waals surface area (Å²) < 4.78 is 0. The van der Waals surface area contributed by atoms with Crippen LogP contribution in [0, 0.1) is 0 Å². The second-order valence-electron chi connectivity index (χ2n) is 6.30. The summed E-state index contributed by atoms with van der Waals surface area (Å²) in [5, 5.41) is 0. The van der Waals surface area contributed by atoms with E-state index in [2.05, 4.69) is 6.08 Å². The molecule has 0 bridgehead atoms. The van der Waals surface area contributed by atoms with Crippen molar-refractivity contribution in [3.05, 3.63) is 47.5 Å². The Balaban J connectivity index is 1.68. The Hall–Kier alpha value is -2.43. The molecular weight excluding hydrogens is 292 g/mol. The number of nitrogens with zero attached hydrogens (tertiary/aromatic N) is 2. The number of fused-ring (bicyclic) bond motifs is 2. The predicted octanol–water partition coefficient (Wildman–Crippen LogP) is 1.99. The van der Waals surface area contributed by atoms with Crippen molar-refractivity contribution in [3.63, 3.8) is 0 Å². The second kappa shape index (κ2) is 5.33. The Morgan fingerprint density at radius 2 is 1.65 bits per heavy atom. The molecule has 1 fully saturated rings. The van der Waals surface area contributed by atoms with E-state index in [-0.39, 0.29) is 23.8 Å². The lowest BCUT2D eigenvalue weighted by Gasteiger charge is -2.36. The van der Waals surface area contributed by atoms with Crippen LogP contribution in [0.3, 0.4) is 0 Å². The van der Waals surface area contributed by atoms with Crippen LogP contribution in [0.5, 0.6) is 0 Å². The highest BCUT2D eigenvalue weighted by molar-refractivity contribution is 6.22. The molecule has 0 radical (unpaired) electrons. The summed E-state index contributed by atoms with van der Waals surface area (Å²) in [6, 6.07) is 6.16. The van der Waals surface area contributed by atoms with Crippen molar-refractivity contribution in [1.82, 2.24) is 9.80 Å². The summed E-state index contributed by atoms with van der Waals surface area (Å²) in [7, 11) is 0. The third kappa shape index (κ3) is 2.11. The molecule has 3 amide bonds. The average molecular weight is 310 g/mol. The Morgan fingerprint density at radius 1 is 0.957 bits per heavy atom. The van der Waals surface area contributed by atoms with Crippen molar-refractivity contribution >= 4 is 17.7 Å². The van der Waals surface area contributed by atoms with Crippen molar-refractivity contribution in [2.75, 3.05) is 6.54 Å². The van der Waals surface area contributed by atoms with Gasteiger partial charge in [-0.05, 0) is 37.8 Å². The summed E-state index contributed by atoms with van der Waals surface area (Å²) in [6.07, 6.45) is 7.44. The molecule has 0 spiro atoms. The van der Waals surface area contributed by atoms with E-state index in [1.807, 2.05) is 11.0 Å². The predicted molar refractivity (Wildman–Crippen MR) is 83.8 cm³/mol. The molecule has 0 unspecified atom stereocenters. The fourth-order valence-corrected chi connectivity index (χ4v) is 3.79. The van der Waals surface area contributed by atoms with Gasteiger partial charge in [-0.2, -0.15) is 0 Å². The van der Waals surface area contributed by atoms with Crippen LogP contribution in [0.25, 0.3) is 0 Å². The van der Waals surface area contributed by atoms with Gasteiger partial charge >= 0.3 is 0 Å². The number of hydrogen-bond acceptors (Lipinski definition) is 3. The van der Waals surface area contributed by atoms with Crippen LogP contribution in [0.15, 0.2) is 36.4 Å². The lowest BCUT2D eigenvalue weighted by Crippen LogP contribution is -2.53. The number of benzene rings is 1. The zero-order valence-electron chi connectivity index (χ0n) is 12.8. The molecule has 1 aromatic rings.